The van der Waals surface area contributed by atoms with Crippen LogP contribution < -0.4 is 5.32 Å². The van der Waals surface area contributed by atoms with Gasteiger partial charge in [0.15, 0.2) is 0 Å². The molecule has 2 aliphatic rings. The van der Waals surface area contributed by atoms with E-state index in [0.29, 0.717) is 0 Å². The lowest BCUT2D eigenvalue weighted by molar-refractivity contribution is 0.165. The van der Waals surface area contributed by atoms with Crippen LogP contribution in [-0.2, 0) is 0 Å². The number of hydrogen-bond acceptors (Lipinski definition) is 3. The Bertz CT molecular complexity index is 325. The van der Waals surface area contributed by atoms with E-state index in [1.807, 2.05) is 0 Å². The van der Waals surface area contributed by atoms with Gasteiger partial charge >= 0.3 is 0 Å². The van der Waals surface area contributed by atoms with E-state index < -0.39 is 0 Å². The number of hydrogen-bond donors (Lipinski definition) is 1. The van der Waals surface area contributed by atoms with Crippen LogP contribution in [0.2, 0.25) is 0 Å². The minimum atomic E-state index is 0.749. The highest BCUT2D eigenvalue weighted by atomic mass is 15.1. The Labute approximate surface area is 131 Å². The number of allylic oxidation sites excluding steroid dienone is 1. The molecule has 1 aliphatic heterocycles. The van der Waals surface area contributed by atoms with Crippen molar-refractivity contribution in [2.24, 2.45) is 0 Å². The fourth-order valence-corrected chi connectivity index (χ4v) is 3.71. The van der Waals surface area contributed by atoms with Crippen molar-refractivity contribution in [2.45, 2.75) is 70.5 Å². The number of rotatable bonds is 5. The van der Waals surface area contributed by atoms with Crippen molar-refractivity contribution in [3.05, 3.63) is 11.6 Å². The van der Waals surface area contributed by atoms with Gasteiger partial charge in [0.1, 0.15) is 0 Å². The molecule has 0 aromatic heterocycles. The van der Waals surface area contributed by atoms with Crippen LogP contribution >= 0.6 is 0 Å². The van der Waals surface area contributed by atoms with Crippen molar-refractivity contribution in [1.82, 2.24) is 15.1 Å². The van der Waals surface area contributed by atoms with E-state index in [4.69, 9.17) is 0 Å². The monoisotopic (exact) mass is 293 g/mol. The lowest BCUT2D eigenvalue weighted by Crippen LogP contribution is -2.49. The van der Waals surface area contributed by atoms with Crippen molar-refractivity contribution >= 4 is 0 Å². The van der Waals surface area contributed by atoms with Crippen molar-refractivity contribution in [2.75, 3.05) is 33.7 Å². The average molecular weight is 293 g/mol. The topological polar surface area (TPSA) is 18.5 Å². The number of piperidine rings is 1. The van der Waals surface area contributed by atoms with Crippen molar-refractivity contribution < 1.29 is 0 Å². The van der Waals surface area contributed by atoms with E-state index >= 15 is 0 Å². The Morgan fingerprint density at radius 3 is 2.43 bits per heavy atom. The maximum atomic E-state index is 3.96. The maximum Gasteiger partial charge on any atom is 0.0165 e. The SMILES string of the molecule is CC(C)=CCN1CCC(N[C@@H]2CCC[C@H](N(C)C)C2)CC1. The Balaban J connectivity index is 1.69. The molecule has 0 unspecified atom stereocenters. The first-order valence-corrected chi connectivity index (χ1v) is 8.83. The summed E-state index contributed by atoms with van der Waals surface area (Å²) in [5, 5.41) is 3.96. The first-order valence-electron chi connectivity index (χ1n) is 8.83. The van der Waals surface area contributed by atoms with Gasteiger partial charge in [0.2, 0.25) is 0 Å². The predicted molar refractivity (Wildman–Crippen MR) is 91.8 cm³/mol. The molecule has 3 nitrogen and oxygen atoms in total. The fourth-order valence-electron chi connectivity index (χ4n) is 3.71. The third-order valence-corrected chi connectivity index (χ3v) is 5.19. The maximum absolute atomic E-state index is 3.96. The Hall–Kier alpha value is -0.380. The van der Waals surface area contributed by atoms with Gasteiger partial charge in [-0.3, -0.25) is 4.90 Å². The molecule has 1 saturated carbocycles. The van der Waals surface area contributed by atoms with E-state index in [-0.39, 0.29) is 0 Å². The number of likely N-dealkylation sites (tertiary alicyclic amines) is 1. The van der Waals surface area contributed by atoms with Gasteiger partial charge in [-0.05, 0) is 73.1 Å². The third-order valence-electron chi connectivity index (χ3n) is 5.19. The summed E-state index contributed by atoms with van der Waals surface area (Å²) in [7, 11) is 4.46. The lowest BCUT2D eigenvalue weighted by atomic mass is 9.89. The van der Waals surface area contributed by atoms with Gasteiger partial charge < -0.3 is 10.2 Å². The van der Waals surface area contributed by atoms with Crippen LogP contribution in [0.25, 0.3) is 0 Å². The molecule has 0 spiro atoms. The molecule has 1 aliphatic carbocycles. The molecule has 0 bridgehead atoms. The molecule has 0 aromatic rings. The van der Waals surface area contributed by atoms with Gasteiger partial charge in [-0.1, -0.05) is 18.1 Å². The third kappa shape index (κ3) is 5.72. The standard InChI is InChI=1S/C18H35N3/c1-15(2)8-11-21-12-9-16(10-13-21)19-17-6-5-7-18(14-17)20(3)4/h8,16-19H,5-7,9-14H2,1-4H3/t17-,18+/m1/s1. The van der Waals surface area contributed by atoms with Gasteiger partial charge in [0.25, 0.3) is 0 Å². The summed E-state index contributed by atoms with van der Waals surface area (Å²) in [5.41, 5.74) is 1.44. The highest BCUT2D eigenvalue weighted by molar-refractivity contribution is 4.96. The molecule has 122 valence electrons. The molecule has 2 rings (SSSR count). The van der Waals surface area contributed by atoms with E-state index in [1.165, 1.54) is 57.2 Å². The Kier molecular flexibility index (Phi) is 6.72. The van der Waals surface area contributed by atoms with E-state index in [2.05, 4.69) is 49.1 Å². The summed E-state index contributed by atoms with van der Waals surface area (Å²) in [6, 6.07) is 2.29. The van der Waals surface area contributed by atoms with Gasteiger partial charge in [0.05, 0.1) is 0 Å². The zero-order valence-electron chi connectivity index (χ0n) is 14.6. The zero-order chi connectivity index (χ0) is 15.2. The molecular weight excluding hydrogens is 258 g/mol. The second-order valence-corrected chi connectivity index (χ2v) is 7.50. The second-order valence-electron chi connectivity index (χ2n) is 7.50. The first kappa shape index (κ1) is 17.0. The van der Waals surface area contributed by atoms with E-state index in [9.17, 15) is 0 Å². The molecular formula is C18H35N3. The Morgan fingerprint density at radius 1 is 1.10 bits per heavy atom. The van der Waals surface area contributed by atoms with Gasteiger partial charge in [-0.25, -0.2) is 0 Å². The van der Waals surface area contributed by atoms with Crippen molar-refractivity contribution in [1.29, 1.82) is 0 Å². The summed E-state index contributed by atoms with van der Waals surface area (Å²) in [6.45, 7) is 8.04. The molecule has 0 amide bonds. The largest absolute Gasteiger partial charge is 0.311 e. The highest BCUT2D eigenvalue weighted by Gasteiger charge is 2.26. The van der Waals surface area contributed by atoms with Gasteiger partial charge in [0, 0.05) is 24.7 Å². The van der Waals surface area contributed by atoms with Crippen LogP contribution in [0.5, 0.6) is 0 Å². The molecule has 21 heavy (non-hydrogen) atoms. The Morgan fingerprint density at radius 2 is 1.81 bits per heavy atom. The molecule has 0 aromatic carbocycles. The van der Waals surface area contributed by atoms with E-state index in [0.717, 1.165) is 24.7 Å². The second kappa shape index (κ2) is 8.30. The smallest absolute Gasteiger partial charge is 0.0165 e. The molecule has 2 atom stereocenters. The summed E-state index contributed by atoms with van der Waals surface area (Å²) in [6.07, 6.45) is 10.5. The predicted octanol–water partition coefficient (Wildman–Crippen LogP) is 2.88. The van der Waals surface area contributed by atoms with Crippen LogP contribution in [0.15, 0.2) is 11.6 Å². The van der Waals surface area contributed by atoms with E-state index in [1.54, 1.807) is 0 Å². The lowest BCUT2D eigenvalue weighted by Gasteiger charge is -2.38. The molecule has 1 saturated heterocycles. The van der Waals surface area contributed by atoms with Crippen molar-refractivity contribution in [3.8, 4) is 0 Å². The van der Waals surface area contributed by atoms with Gasteiger partial charge in [-0.15, -0.1) is 0 Å². The molecule has 3 heteroatoms. The van der Waals surface area contributed by atoms with Crippen LogP contribution in [-0.4, -0.2) is 61.7 Å². The van der Waals surface area contributed by atoms with Crippen LogP contribution in [0.3, 0.4) is 0 Å². The highest BCUT2D eigenvalue weighted by Crippen LogP contribution is 2.23. The van der Waals surface area contributed by atoms with Crippen LogP contribution in [0.4, 0.5) is 0 Å². The van der Waals surface area contributed by atoms with Crippen LogP contribution in [0, 0.1) is 0 Å². The molecule has 1 heterocycles. The minimum absolute atomic E-state index is 0.749. The molecule has 2 fully saturated rings. The number of nitrogens with one attached hydrogen (secondary N) is 1. The molecule has 0 radical (unpaired) electrons. The summed E-state index contributed by atoms with van der Waals surface area (Å²) >= 11 is 0. The average Bonchev–Trinajstić information content (AvgIpc) is 2.47. The summed E-state index contributed by atoms with van der Waals surface area (Å²) < 4.78 is 0. The fraction of sp³-hybridized carbons (Fsp3) is 0.889. The minimum Gasteiger partial charge on any atom is -0.311 e. The van der Waals surface area contributed by atoms with Gasteiger partial charge in [-0.2, -0.15) is 0 Å². The summed E-state index contributed by atoms with van der Waals surface area (Å²) in [4.78, 5) is 5.00. The van der Waals surface area contributed by atoms with Crippen LogP contribution in [0.1, 0.15) is 52.4 Å². The quantitative estimate of drug-likeness (QED) is 0.786. The molecule has 1 N–H and O–H groups in total. The van der Waals surface area contributed by atoms with Crippen molar-refractivity contribution in [3.63, 3.8) is 0 Å². The first-order chi connectivity index (χ1) is 10.0. The summed E-state index contributed by atoms with van der Waals surface area (Å²) in [5.74, 6) is 0. The number of nitrogens with zero attached hydrogens (tertiary/aromatic N) is 2. The zero-order valence-corrected chi connectivity index (χ0v) is 14.6. The normalized spacial score (nSPS) is 28.8.